The molecule has 17 heteroatoms. The number of ether oxygens (including phenoxy) is 9. The Kier molecular flexibility index (Phi) is 7.26. The van der Waals surface area contributed by atoms with Crippen LogP contribution in [0, 0.1) is 22.2 Å². The molecule has 292 valence electrons. The Hall–Kier alpha value is -4.32. The van der Waals surface area contributed by atoms with Gasteiger partial charge in [-0.3, -0.25) is 19.2 Å². The SMILES string of the molecule is COC(=O)[C@H](OC(C)=O)[C@H]1[C@]2(C)C[C@]3(O)[C@](OC(C)=O)([C@H]2OC(C)=O)[C@@H]2OC4(C)O[C@@]5(C[C@H](OC(C)=O)[C@]6(C)C(=CC(=O)O[C@H]6c6ccoc6)[C@@]25O4)[C@]13C. The lowest BCUT2D eigenvalue weighted by molar-refractivity contribution is -0.448. The van der Waals surface area contributed by atoms with Gasteiger partial charge in [0.05, 0.1) is 25.1 Å². The van der Waals surface area contributed by atoms with Gasteiger partial charge in [0.2, 0.25) is 11.7 Å². The summed E-state index contributed by atoms with van der Waals surface area (Å²) in [7, 11) is 1.10. The maximum absolute atomic E-state index is 13.9. The zero-order valence-corrected chi connectivity index (χ0v) is 31.2. The van der Waals surface area contributed by atoms with E-state index in [0.717, 1.165) is 27.9 Å². The van der Waals surface area contributed by atoms with E-state index in [4.69, 9.17) is 47.0 Å². The lowest BCUT2D eigenvalue weighted by Gasteiger charge is -2.76. The summed E-state index contributed by atoms with van der Waals surface area (Å²) < 4.78 is 61.6. The fourth-order valence-electron chi connectivity index (χ4n) is 12.5. The van der Waals surface area contributed by atoms with E-state index in [2.05, 4.69) is 0 Å². The highest BCUT2D eigenvalue weighted by Gasteiger charge is 3.04. The number of aliphatic hydroxyl groups is 1. The summed E-state index contributed by atoms with van der Waals surface area (Å²) in [4.78, 5) is 80.3. The molecule has 1 aromatic heterocycles. The number of methoxy groups -OCH3 is 1. The Morgan fingerprint density at radius 2 is 1.63 bits per heavy atom. The van der Waals surface area contributed by atoms with Crippen LogP contribution in [0.1, 0.15) is 79.9 Å². The highest BCUT2D eigenvalue weighted by Crippen LogP contribution is 2.88. The number of furan rings is 1. The van der Waals surface area contributed by atoms with Crippen LogP contribution in [0.15, 0.2) is 34.7 Å². The minimum absolute atomic E-state index is 0.124. The molecule has 7 aliphatic rings. The fourth-order valence-corrected chi connectivity index (χ4v) is 12.5. The van der Waals surface area contributed by atoms with Crippen LogP contribution in [0.4, 0.5) is 0 Å². The Morgan fingerprint density at radius 3 is 2.20 bits per heavy atom. The first kappa shape index (κ1) is 36.6. The minimum atomic E-state index is -2.35. The van der Waals surface area contributed by atoms with Crippen molar-refractivity contribution in [3.05, 3.63) is 35.8 Å². The van der Waals surface area contributed by atoms with E-state index in [9.17, 15) is 33.9 Å². The van der Waals surface area contributed by atoms with Crippen molar-refractivity contribution < 1.29 is 80.9 Å². The number of esters is 6. The van der Waals surface area contributed by atoms with Crippen LogP contribution >= 0.6 is 0 Å². The maximum Gasteiger partial charge on any atom is 0.347 e. The molecule has 0 aromatic carbocycles. The second kappa shape index (κ2) is 10.7. The van der Waals surface area contributed by atoms with E-state index in [0.29, 0.717) is 5.56 Å². The van der Waals surface area contributed by atoms with Gasteiger partial charge in [0, 0.05) is 69.4 Å². The Morgan fingerprint density at radius 1 is 0.944 bits per heavy atom. The summed E-state index contributed by atoms with van der Waals surface area (Å²) in [5, 5.41) is 13.8. The molecule has 2 saturated heterocycles. The lowest BCUT2D eigenvalue weighted by atomic mass is 9.34. The van der Waals surface area contributed by atoms with Crippen LogP contribution in [-0.2, 0) is 71.4 Å². The number of rotatable bonds is 7. The monoisotopic (exact) mass is 758 g/mol. The molecular formula is C37H42O17. The van der Waals surface area contributed by atoms with Gasteiger partial charge < -0.3 is 52.2 Å². The van der Waals surface area contributed by atoms with Gasteiger partial charge in [-0.2, -0.15) is 0 Å². The van der Waals surface area contributed by atoms with Gasteiger partial charge in [-0.15, -0.1) is 0 Å². The molecule has 8 rings (SSSR count). The molecule has 0 radical (unpaired) electrons. The molecule has 17 nitrogen and oxygen atoms in total. The van der Waals surface area contributed by atoms with Crippen LogP contribution in [-0.4, -0.2) is 101 Å². The third-order valence-corrected chi connectivity index (χ3v) is 13.6. The van der Waals surface area contributed by atoms with Crippen LogP contribution < -0.4 is 0 Å². The van der Waals surface area contributed by atoms with Gasteiger partial charge >= 0.3 is 35.8 Å². The van der Waals surface area contributed by atoms with E-state index in [1.165, 1.54) is 32.4 Å². The van der Waals surface area contributed by atoms with E-state index >= 15 is 0 Å². The fraction of sp³-hybridized carbons (Fsp3) is 0.676. The molecule has 14 atom stereocenters. The number of fused-ring (bicyclic) bond motifs is 4. The number of carbonyl (C=O) groups is 6. The molecule has 4 heterocycles. The topological polar surface area (TPSA) is 219 Å². The lowest BCUT2D eigenvalue weighted by Crippen LogP contribution is -2.94. The summed E-state index contributed by atoms with van der Waals surface area (Å²) in [6.45, 7) is 10.9. The molecule has 4 aliphatic carbocycles. The van der Waals surface area contributed by atoms with Crippen molar-refractivity contribution in [2.24, 2.45) is 22.2 Å². The van der Waals surface area contributed by atoms with Gasteiger partial charge in [0.25, 0.3) is 5.97 Å². The molecule has 1 aromatic rings. The summed E-state index contributed by atoms with van der Waals surface area (Å²) in [6.07, 6.45) is -4.04. The van der Waals surface area contributed by atoms with E-state index in [-0.39, 0.29) is 18.4 Å². The van der Waals surface area contributed by atoms with E-state index in [1.807, 2.05) is 0 Å². The Labute approximate surface area is 308 Å². The van der Waals surface area contributed by atoms with Gasteiger partial charge in [-0.1, -0.05) is 13.8 Å². The highest BCUT2D eigenvalue weighted by molar-refractivity contribution is 5.86. The van der Waals surface area contributed by atoms with Crippen molar-refractivity contribution in [2.75, 3.05) is 7.11 Å². The molecule has 1 unspecified atom stereocenters. The first-order chi connectivity index (χ1) is 25.1. The Bertz CT molecular complexity index is 1940. The first-order valence-electron chi connectivity index (χ1n) is 17.6. The molecule has 6 fully saturated rings. The van der Waals surface area contributed by atoms with Crippen molar-refractivity contribution in [1.82, 2.24) is 0 Å². The quantitative estimate of drug-likeness (QED) is 0.310. The largest absolute Gasteiger partial charge is 0.472 e. The molecular weight excluding hydrogens is 716 g/mol. The number of hydrogen-bond acceptors (Lipinski definition) is 17. The average Bonchev–Trinajstić information content (AvgIpc) is 3.83. The summed E-state index contributed by atoms with van der Waals surface area (Å²) >= 11 is 0. The average molecular weight is 759 g/mol. The molecule has 3 aliphatic heterocycles. The zero-order chi connectivity index (χ0) is 39.4. The predicted octanol–water partition coefficient (Wildman–Crippen LogP) is 1.87. The summed E-state index contributed by atoms with van der Waals surface area (Å²) in [5.74, 6) is -8.55. The van der Waals surface area contributed by atoms with Gasteiger partial charge in [-0.05, 0) is 25.0 Å². The summed E-state index contributed by atoms with van der Waals surface area (Å²) in [6, 6.07) is 1.59. The standard InChI is InChI=1S/C37H42O17/c1-16(38)47-22-13-35-32(7)25(24(27(43)45-9)48-17(2)39)30(5)15-34(32,44)37(51-19(4)41,28(30)49-18(3)40)29-36(35,54-33(8,52-29)53-35)21-12-23(42)50-26(31(21,22)6)20-10-11-46-14-20/h10-12,14,22,24-26,28-29,44H,13,15H2,1-9H3/t22-,24+,25-,26-,28-,29+,30-,31-,32+,33?,34+,35-,36+,37-/m0/s1. The van der Waals surface area contributed by atoms with Crippen molar-refractivity contribution >= 4 is 35.8 Å². The third-order valence-electron chi connectivity index (χ3n) is 13.6. The normalized spacial score (nSPS) is 47.7. The first-order valence-corrected chi connectivity index (χ1v) is 17.6. The van der Waals surface area contributed by atoms with Crippen LogP contribution in [0.2, 0.25) is 0 Å². The maximum atomic E-state index is 13.9. The summed E-state index contributed by atoms with van der Waals surface area (Å²) in [5.41, 5.74) is -13.2. The van der Waals surface area contributed by atoms with Crippen molar-refractivity contribution in [3.8, 4) is 0 Å². The molecule has 4 saturated carbocycles. The van der Waals surface area contributed by atoms with Crippen molar-refractivity contribution in [1.29, 1.82) is 0 Å². The van der Waals surface area contributed by atoms with E-state index < -0.39 is 117 Å². The molecule has 1 spiro atoms. The number of cyclic esters (lactones) is 1. The van der Waals surface area contributed by atoms with Gasteiger partial charge in [0.15, 0.2) is 11.7 Å². The second-order valence-electron chi connectivity index (χ2n) is 16.3. The third kappa shape index (κ3) is 3.78. The van der Waals surface area contributed by atoms with Crippen molar-refractivity contribution in [2.45, 2.75) is 127 Å². The van der Waals surface area contributed by atoms with Crippen LogP contribution in [0.5, 0.6) is 0 Å². The van der Waals surface area contributed by atoms with Crippen LogP contribution in [0.3, 0.4) is 0 Å². The highest BCUT2D eigenvalue weighted by atomic mass is 17.0. The van der Waals surface area contributed by atoms with E-state index in [1.54, 1.807) is 26.8 Å². The molecule has 0 amide bonds. The smallest absolute Gasteiger partial charge is 0.347 e. The Balaban J connectivity index is 1.53. The van der Waals surface area contributed by atoms with Gasteiger partial charge in [0.1, 0.15) is 29.5 Å². The zero-order valence-electron chi connectivity index (χ0n) is 31.2. The molecule has 4 bridgehead atoms. The molecule has 1 N–H and O–H groups in total. The minimum Gasteiger partial charge on any atom is -0.472 e. The predicted molar refractivity (Wildman–Crippen MR) is 172 cm³/mol. The number of hydrogen-bond donors (Lipinski definition) is 1. The van der Waals surface area contributed by atoms with Crippen LogP contribution in [0.25, 0.3) is 0 Å². The number of carbonyl (C=O) groups excluding carboxylic acids is 6. The van der Waals surface area contributed by atoms with Crippen molar-refractivity contribution in [3.63, 3.8) is 0 Å². The van der Waals surface area contributed by atoms with Gasteiger partial charge in [-0.25, -0.2) is 9.59 Å². The second-order valence-corrected chi connectivity index (χ2v) is 16.3. The molecule has 54 heavy (non-hydrogen) atoms.